The van der Waals surface area contributed by atoms with Gasteiger partial charge < -0.3 is 15.0 Å². The highest BCUT2D eigenvalue weighted by Crippen LogP contribution is 2.12. The van der Waals surface area contributed by atoms with Gasteiger partial charge in [-0.05, 0) is 39.5 Å². The van der Waals surface area contributed by atoms with Crippen LogP contribution >= 0.6 is 0 Å². The zero-order valence-corrected chi connectivity index (χ0v) is 14.5. The molecule has 0 spiro atoms. The van der Waals surface area contributed by atoms with Crippen molar-refractivity contribution in [3.05, 3.63) is 0 Å². The topological polar surface area (TPSA) is 41.6 Å². The van der Waals surface area contributed by atoms with Gasteiger partial charge >= 0.3 is 6.09 Å². The molecule has 0 bridgehead atoms. The van der Waals surface area contributed by atoms with Crippen molar-refractivity contribution in [2.75, 3.05) is 20.1 Å². The molecule has 2 atom stereocenters. The van der Waals surface area contributed by atoms with Gasteiger partial charge in [0.15, 0.2) is 0 Å². The van der Waals surface area contributed by atoms with E-state index in [1.807, 2.05) is 20.8 Å². The number of rotatable bonds is 8. The Morgan fingerprint density at radius 3 is 2.30 bits per heavy atom. The van der Waals surface area contributed by atoms with Gasteiger partial charge in [0.25, 0.3) is 0 Å². The number of nitrogens with one attached hydrogen (secondary N) is 1. The zero-order valence-electron chi connectivity index (χ0n) is 14.5. The molecule has 0 heterocycles. The first-order chi connectivity index (χ1) is 9.19. The van der Waals surface area contributed by atoms with Gasteiger partial charge in [-0.15, -0.1) is 0 Å². The first kappa shape index (κ1) is 19.2. The van der Waals surface area contributed by atoms with E-state index >= 15 is 0 Å². The summed E-state index contributed by atoms with van der Waals surface area (Å²) in [7, 11) is 1.78. The quantitative estimate of drug-likeness (QED) is 0.740. The second-order valence-electron chi connectivity index (χ2n) is 6.71. The van der Waals surface area contributed by atoms with Crippen molar-refractivity contribution in [2.24, 2.45) is 5.92 Å². The van der Waals surface area contributed by atoms with E-state index in [2.05, 4.69) is 26.1 Å². The van der Waals surface area contributed by atoms with Crippen LogP contribution in [0, 0.1) is 5.92 Å². The standard InChI is InChI=1S/C16H34N2O2/c1-8-13(3)12-14(9-2)17-10-11-18(7)15(19)20-16(4,5)6/h13-14,17H,8-12H2,1-7H3. The maximum atomic E-state index is 11.8. The molecule has 0 saturated carbocycles. The SMILES string of the molecule is CCC(C)CC(CC)NCCN(C)C(=O)OC(C)(C)C. The van der Waals surface area contributed by atoms with Crippen molar-refractivity contribution in [3.8, 4) is 0 Å². The molecular formula is C16H34N2O2. The predicted octanol–water partition coefficient (Wildman–Crippen LogP) is 3.66. The molecule has 0 aliphatic heterocycles. The molecule has 0 rings (SSSR count). The molecule has 0 saturated heterocycles. The summed E-state index contributed by atoms with van der Waals surface area (Å²) in [5.74, 6) is 0.746. The third-order valence-electron chi connectivity index (χ3n) is 3.46. The normalized spacial score (nSPS) is 14.8. The van der Waals surface area contributed by atoms with Crippen molar-refractivity contribution in [3.63, 3.8) is 0 Å². The van der Waals surface area contributed by atoms with Crippen LogP contribution in [-0.4, -0.2) is 42.8 Å². The molecule has 120 valence electrons. The Labute approximate surface area is 125 Å². The van der Waals surface area contributed by atoms with Gasteiger partial charge in [0.05, 0.1) is 0 Å². The Morgan fingerprint density at radius 1 is 1.25 bits per heavy atom. The van der Waals surface area contributed by atoms with E-state index in [9.17, 15) is 4.79 Å². The first-order valence-electron chi connectivity index (χ1n) is 7.87. The van der Waals surface area contributed by atoms with E-state index in [1.54, 1.807) is 11.9 Å². The molecule has 4 heteroatoms. The fraction of sp³-hybridized carbons (Fsp3) is 0.938. The van der Waals surface area contributed by atoms with Crippen molar-refractivity contribution < 1.29 is 9.53 Å². The average Bonchev–Trinajstić information content (AvgIpc) is 2.34. The number of carbonyl (C=O) groups is 1. The molecule has 2 unspecified atom stereocenters. The summed E-state index contributed by atoms with van der Waals surface area (Å²) in [6.45, 7) is 13.9. The Bertz CT molecular complexity index is 274. The lowest BCUT2D eigenvalue weighted by Gasteiger charge is -2.26. The van der Waals surface area contributed by atoms with E-state index in [-0.39, 0.29) is 6.09 Å². The molecule has 1 N–H and O–H groups in total. The van der Waals surface area contributed by atoms with E-state index in [0.717, 1.165) is 18.9 Å². The second-order valence-corrected chi connectivity index (χ2v) is 6.71. The molecule has 0 fully saturated rings. The van der Waals surface area contributed by atoms with Crippen LogP contribution in [0.2, 0.25) is 0 Å². The van der Waals surface area contributed by atoms with Gasteiger partial charge in [-0.2, -0.15) is 0 Å². The summed E-state index contributed by atoms with van der Waals surface area (Å²) in [4.78, 5) is 13.4. The lowest BCUT2D eigenvalue weighted by Crippen LogP contribution is -2.40. The highest BCUT2D eigenvalue weighted by Gasteiger charge is 2.19. The van der Waals surface area contributed by atoms with Crippen LogP contribution in [0.1, 0.15) is 60.8 Å². The summed E-state index contributed by atoms with van der Waals surface area (Å²) in [6, 6.07) is 0.539. The van der Waals surface area contributed by atoms with E-state index in [0.29, 0.717) is 12.6 Å². The average molecular weight is 286 g/mol. The number of nitrogens with zero attached hydrogens (tertiary/aromatic N) is 1. The van der Waals surface area contributed by atoms with Gasteiger partial charge in [-0.3, -0.25) is 0 Å². The Hall–Kier alpha value is -0.770. The van der Waals surface area contributed by atoms with Gasteiger partial charge in [-0.1, -0.05) is 27.2 Å². The largest absolute Gasteiger partial charge is 0.444 e. The van der Waals surface area contributed by atoms with E-state index in [4.69, 9.17) is 4.74 Å². The number of ether oxygens (including phenoxy) is 1. The number of hydrogen-bond acceptors (Lipinski definition) is 3. The Kier molecular flexibility index (Phi) is 8.86. The summed E-state index contributed by atoms with van der Waals surface area (Å²) in [5, 5.41) is 3.53. The zero-order chi connectivity index (χ0) is 15.8. The maximum absolute atomic E-state index is 11.8. The molecule has 0 aliphatic carbocycles. The molecule has 0 radical (unpaired) electrons. The lowest BCUT2D eigenvalue weighted by molar-refractivity contribution is 0.0299. The van der Waals surface area contributed by atoms with E-state index in [1.165, 1.54) is 12.8 Å². The summed E-state index contributed by atoms with van der Waals surface area (Å²) in [5.41, 5.74) is -0.429. The van der Waals surface area contributed by atoms with Crippen molar-refractivity contribution >= 4 is 6.09 Å². The van der Waals surface area contributed by atoms with Crippen LogP contribution in [0.3, 0.4) is 0 Å². The lowest BCUT2D eigenvalue weighted by atomic mass is 9.98. The van der Waals surface area contributed by atoms with Gasteiger partial charge in [-0.25, -0.2) is 4.79 Å². The monoisotopic (exact) mass is 286 g/mol. The van der Waals surface area contributed by atoms with E-state index < -0.39 is 5.60 Å². The highest BCUT2D eigenvalue weighted by molar-refractivity contribution is 5.67. The molecular weight excluding hydrogens is 252 g/mol. The second kappa shape index (κ2) is 9.22. The van der Waals surface area contributed by atoms with Crippen LogP contribution in [0.4, 0.5) is 4.79 Å². The first-order valence-corrected chi connectivity index (χ1v) is 7.87. The van der Waals surface area contributed by atoms with Gasteiger partial charge in [0, 0.05) is 26.2 Å². The third-order valence-corrected chi connectivity index (χ3v) is 3.46. The minimum absolute atomic E-state index is 0.255. The fourth-order valence-corrected chi connectivity index (χ4v) is 1.91. The van der Waals surface area contributed by atoms with Crippen molar-refractivity contribution in [1.82, 2.24) is 10.2 Å². The molecule has 0 aromatic rings. The van der Waals surface area contributed by atoms with Crippen LogP contribution in [0.25, 0.3) is 0 Å². The Morgan fingerprint density at radius 2 is 1.85 bits per heavy atom. The summed E-state index contributed by atoms with van der Waals surface area (Å²) < 4.78 is 5.32. The number of amides is 1. The Balaban J connectivity index is 3.99. The molecule has 0 aromatic carbocycles. The summed E-state index contributed by atoms with van der Waals surface area (Å²) in [6.07, 6.45) is 3.29. The van der Waals surface area contributed by atoms with Crippen LogP contribution < -0.4 is 5.32 Å². The molecule has 0 aliphatic rings. The minimum Gasteiger partial charge on any atom is -0.444 e. The third kappa shape index (κ3) is 9.18. The van der Waals surface area contributed by atoms with Crippen LogP contribution in [0.15, 0.2) is 0 Å². The molecule has 20 heavy (non-hydrogen) atoms. The maximum Gasteiger partial charge on any atom is 0.410 e. The fourth-order valence-electron chi connectivity index (χ4n) is 1.91. The smallest absolute Gasteiger partial charge is 0.410 e. The number of hydrogen-bond donors (Lipinski definition) is 1. The minimum atomic E-state index is -0.429. The number of likely N-dealkylation sites (N-methyl/N-ethyl adjacent to an activating group) is 1. The van der Waals surface area contributed by atoms with Crippen molar-refractivity contribution in [1.29, 1.82) is 0 Å². The van der Waals surface area contributed by atoms with Crippen LogP contribution in [-0.2, 0) is 4.74 Å². The number of carbonyl (C=O) groups excluding carboxylic acids is 1. The van der Waals surface area contributed by atoms with Crippen molar-refractivity contribution in [2.45, 2.75) is 72.4 Å². The van der Waals surface area contributed by atoms with Crippen LogP contribution in [0.5, 0.6) is 0 Å². The van der Waals surface area contributed by atoms with Gasteiger partial charge in [0.1, 0.15) is 5.60 Å². The van der Waals surface area contributed by atoms with Gasteiger partial charge in [0.2, 0.25) is 0 Å². The predicted molar refractivity (Wildman–Crippen MR) is 85.0 cm³/mol. The highest BCUT2D eigenvalue weighted by atomic mass is 16.6. The molecule has 0 aromatic heterocycles. The summed E-state index contributed by atoms with van der Waals surface area (Å²) >= 11 is 0. The molecule has 4 nitrogen and oxygen atoms in total. The molecule has 1 amide bonds.